The summed E-state index contributed by atoms with van der Waals surface area (Å²) < 4.78 is 1.47. The second-order valence-electron chi connectivity index (χ2n) is 3.68. The molecule has 0 fully saturated rings. The van der Waals surface area contributed by atoms with Gasteiger partial charge in [-0.25, -0.2) is 0 Å². The summed E-state index contributed by atoms with van der Waals surface area (Å²) in [6.45, 7) is 4.19. The summed E-state index contributed by atoms with van der Waals surface area (Å²) in [6, 6.07) is 2.42. The van der Waals surface area contributed by atoms with Crippen molar-refractivity contribution in [2.24, 2.45) is 0 Å². The summed E-state index contributed by atoms with van der Waals surface area (Å²) in [5.41, 5.74) is 1.05. The van der Waals surface area contributed by atoms with E-state index in [2.05, 4.69) is 25.1 Å². The Morgan fingerprint density at radius 3 is 2.69 bits per heavy atom. The van der Waals surface area contributed by atoms with E-state index in [1.165, 1.54) is 11.3 Å². The summed E-state index contributed by atoms with van der Waals surface area (Å²) in [5, 5.41) is 3.46. The van der Waals surface area contributed by atoms with Gasteiger partial charge in [0.25, 0.3) is 0 Å². The van der Waals surface area contributed by atoms with Gasteiger partial charge in [0.15, 0.2) is 0 Å². The molecule has 0 aromatic carbocycles. The first-order chi connectivity index (χ1) is 7.58. The van der Waals surface area contributed by atoms with Crippen LogP contribution in [-0.4, -0.2) is 6.04 Å². The number of rotatable bonds is 5. The molecule has 88 valence electrons. The van der Waals surface area contributed by atoms with E-state index in [9.17, 15) is 0 Å². The highest BCUT2D eigenvalue weighted by Crippen LogP contribution is 2.35. The van der Waals surface area contributed by atoms with Gasteiger partial charge in [0.2, 0.25) is 0 Å². The summed E-state index contributed by atoms with van der Waals surface area (Å²) in [7, 11) is 0. The molecule has 0 bridgehead atoms. The maximum Gasteiger partial charge on any atom is 0.0991 e. The van der Waals surface area contributed by atoms with Crippen molar-refractivity contribution in [2.45, 2.75) is 38.8 Å². The summed E-state index contributed by atoms with van der Waals surface area (Å²) in [4.78, 5) is 0. The largest absolute Gasteiger partial charge is 0.306 e. The molecule has 1 heterocycles. The highest BCUT2D eigenvalue weighted by atomic mass is 35.5. The Hall–Kier alpha value is -0.200. The predicted molar refractivity (Wildman–Crippen MR) is 73.4 cm³/mol. The van der Waals surface area contributed by atoms with Crippen molar-refractivity contribution in [3.05, 3.63) is 20.3 Å². The van der Waals surface area contributed by atoms with E-state index >= 15 is 0 Å². The maximum atomic E-state index is 6.10. The minimum atomic E-state index is 0.176. The quantitative estimate of drug-likeness (QED) is 0.780. The van der Waals surface area contributed by atoms with E-state index in [0.29, 0.717) is 6.04 Å². The van der Waals surface area contributed by atoms with Crippen molar-refractivity contribution in [1.29, 1.82) is 0 Å². The molecule has 1 rings (SSSR count). The molecule has 0 aliphatic carbocycles. The van der Waals surface area contributed by atoms with Gasteiger partial charge in [0.1, 0.15) is 0 Å². The molecule has 0 amide bonds. The molecule has 2 unspecified atom stereocenters. The SMILES string of the molecule is C#CCC(CC)NC(C)c1cc(Cl)sc1Cl. The average molecular weight is 276 g/mol. The zero-order valence-corrected chi connectivity index (χ0v) is 11.7. The lowest BCUT2D eigenvalue weighted by Crippen LogP contribution is -2.30. The lowest BCUT2D eigenvalue weighted by Gasteiger charge is -2.20. The number of hydrogen-bond donors (Lipinski definition) is 1. The van der Waals surface area contributed by atoms with Crippen molar-refractivity contribution in [1.82, 2.24) is 5.32 Å². The Kier molecular flexibility index (Phi) is 5.64. The second kappa shape index (κ2) is 6.51. The van der Waals surface area contributed by atoms with Crippen molar-refractivity contribution in [2.75, 3.05) is 0 Å². The zero-order chi connectivity index (χ0) is 12.1. The number of halogens is 2. The molecule has 1 N–H and O–H groups in total. The first-order valence-corrected chi connectivity index (χ1v) is 6.80. The van der Waals surface area contributed by atoms with Gasteiger partial charge >= 0.3 is 0 Å². The normalized spacial score (nSPS) is 14.4. The fourth-order valence-corrected chi connectivity index (χ4v) is 3.20. The standard InChI is InChI=1S/C12H15Cl2NS/c1-4-6-9(5-2)15-8(3)10-7-11(13)16-12(10)14/h1,7-9,15H,5-6H2,2-3H3. The van der Waals surface area contributed by atoms with Gasteiger partial charge in [-0.1, -0.05) is 30.1 Å². The van der Waals surface area contributed by atoms with Crippen molar-refractivity contribution >= 4 is 34.5 Å². The molecular formula is C12H15Cl2NS. The third-order valence-electron chi connectivity index (χ3n) is 2.49. The molecular weight excluding hydrogens is 261 g/mol. The smallest absolute Gasteiger partial charge is 0.0991 e. The van der Waals surface area contributed by atoms with Crippen LogP contribution < -0.4 is 5.32 Å². The second-order valence-corrected chi connectivity index (χ2v) is 5.97. The molecule has 0 aliphatic rings. The minimum Gasteiger partial charge on any atom is -0.306 e. The molecule has 1 nitrogen and oxygen atoms in total. The lowest BCUT2D eigenvalue weighted by molar-refractivity contribution is 0.450. The molecule has 2 atom stereocenters. The number of nitrogens with one attached hydrogen (secondary N) is 1. The number of thiophene rings is 1. The van der Waals surface area contributed by atoms with Crippen LogP contribution in [0, 0.1) is 12.3 Å². The van der Waals surface area contributed by atoms with E-state index in [0.717, 1.165) is 27.1 Å². The van der Waals surface area contributed by atoms with Crippen molar-refractivity contribution in [3.63, 3.8) is 0 Å². The van der Waals surface area contributed by atoms with Crippen molar-refractivity contribution in [3.8, 4) is 12.3 Å². The minimum absolute atomic E-state index is 0.176. The van der Waals surface area contributed by atoms with Crippen LogP contribution in [0.1, 0.15) is 38.3 Å². The van der Waals surface area contributed by atoms with Crippen LogP contribution in [0.25, 0.3) is 0 Å². The average Bonchev–Trinajstić information content (AvgIpc) is 2.57. The van der Waals surface area contributed by atoms with Crippen LogP contribution in [0.15, 0.2) is 6.07 Å². The Morgan fingerprint density at radius 2 is 2.25 bits per heavy atom. The highest BCUT2D eigenvalue weighted by molar-refractivity contribution is 7.20. The van der Waals surface area contributed by atoms with Gasteiger partial charge in [0.05, 0.1) is 8.67 Å². The molecule has 1 aromatic heterocycles. The monoisotopic (exact) mass is 275 g/mol. The molecule has 0 radical (unpaired) electrons. The number of hydrogen-bond acceptors (Lipinski definition) is 2. The van der Waals surface area contributed by atoms with Gasteiger partial charge in [-0.05, 0) is 25.0 Å². The van der Waals surface area contributed by atoms with Gasteiger partial charge < -0.3 is 5.32 Å². The van der Waals surface area contributed by atoms with Gasteiger partial charge in [-0.15, -0.1) is 23.7 Å². The molecule has 0 saturated heterocycles. The Bertz CT molecular complexity index is 381. The predicted octanol–water partition coefficient (Wildman–Crippen LogP) is 4.51. The van der Waals surface area contributed by atoms with E-state index in [1.54, 1.807) is 0 Å². The van der Waals surface area contributed by atoms with Crippen LogP contribution in [0.4, 0.5) is 0 Å². The van der Waals surface area contributed by atoms with E-state index < -0.39 is 0 Å². The first kappa shape index (κ1) is 13.9. The van der Waals surface area contributed by atoms with Gasteiger partial charge in [-0.3, -0.25) is 0 Å². The van der Waals surface area contributed by atoms with Gasteiger partial charge in [-0.2, -0.15) is 0 Å². The Morgan fingerprint density at radius 1 is 1.56 bits per heavy atom. The van der Waals surface area contributed by atoms with Crippen LogP contribution >= 0.6 is 34.5 Å². The Labute approximate surface area is 111 Å². The molecule has 16 heavy (non-hydrogen) atoms. The van der Waals surface area contributed by atoms with E-state index in [-0.39, 0.29) is 6.04 Å². The number of terminal acetylenes is 1. The summed E-state index contributed by atoms with van der Waals surface area (Å²) >= 11 is 13.4. The fourth-order valence-electron chi connectivity index (χ4n) is 1.55. The summed E-state index contributed by atoms with van der Waals surface area (Å²) in [6.07, 6.45) is 7.05. The maximum absolute atomic E-state index is 6.10. The molecule has 0 aliphatic heterocycles. The third kappa shape index (κ3) is 3.68. The molecule has 1 aromatic rings. The van der Waals surface area contributed by atoms with Crippen LogP contribution in [0.3, 0.4) is 0 Å². The van der Waals surface area contributed by atoms with E-state index in [4.69, 9.17) is 29.6 Å². The van der Waals surface area contributed by atoms with Crippen LogP contribution in [-0.2, 0) is 0 Å². The molecule has 0 spiro atoms. The van der Waals surface area contributed by atoms with Gasteiger partial charge in [0, 0.05) is 18.5 Å². The molecule has 0 saturated carbocycles. The Balaban J connectivity index is 2.68. The summed E-state index contributed by atoms with van der Waals surface area (Å²) in [5.74, 6) is 2.68. The zero-order valence-electron chi connectivity index (χ0n) is 9.39. The first-order valence-electron chi connectivity index (χ1n) is 5.22. The van der Waals surface area contributed by atoms with Crippen molar-refractivity contribution < 1.29 is 0 Å². The van der Waals surface area contributed by atoms with Crippen LogP contribution in [0.5, 0.6) is 0 Å². The third-order valence-corrected chi connectivity index (χ3v) is 4.01. The fraction of sp³-hybridized carbons (Fsp3) is 0.500. The topological polar surface area (TPSA) is 12.0 Å². The highest BCUT2D eigenvalue weighted by Gasteiger charge is 2.15. The van der Waals surface area contributed by atoms with E-state index in [1.807, 2.05) is 6.07 Å². The lowest BCUT2D eigenvalue weighted by atomic mass is 10.1. The molecule has 4 heteroatoms. The van der Waals surface area contributed by atoms with Crippen LogP contribution in [0.2, 0.25) is 8.67 Å².